The van der Waals surface area contributed by atoms with Crippen molar-refractivity contribution in [2.24, 2.45) is 0 Å². The zero-order valence-electron chi connectivity index (χ0n) is 23.8. The third-order valence-corrected chi connectivity index (χ3v) is 8.36. The molecule has 0 spiro atoms. The topological polar surface area (TPSA) is 114 Å². The predicted octanol–water partition coefficient (Wildman–Crippen LogP) is 7.19. The molecule has 0 radical (unpaired) electrons. The molecule has 0 aliphatic rings. The normalized spacial score (nSPS) is 12.2. The molecule has 0 saturated carbocycles. The van der Waals surface area contributed by atoms with Gasteiger partial charge in [-0.05, 0) is 41.8 Å². The highest BCUT2D eigenvalue weighted by atomic mass is 32.2. The summed E-state index contributed by atoms with van der Waals surface area (Å²) in [5.41, 5.74) is -3.48. The summed E-state index contributed by atoms with van der Waals surface area (Å²) in [6.45, 7) is 2.17. The van der Waals surface area contributed by atoms with Crippen LogP contribution in [0.1, 0.15) is 81.7 Å². The maximum absolute atomic E-state index is 12.8. The van der Waals surface area contributed by atoms with E-state index in [1.807, 2.05) is 18.2 Å². The number of alkyl halides is 3. The molecule has 2 aromatic carbocycles. The lowest BCUT2D eigenvalue weighted by Gasteiger charge is -2.21. The van der Waals surface area contributed by atoms with Gasteiger partial charge in [0.25, 0.3) is 15.7 Å². The molecule has 12 heteroatoms. The van der Waals surface area contributed by atoms with Crippen LogP contribution < -0.4 is 0 Å². The molecule has 8 nitrogen and oxygen atoms in total. The Balaban J connectivity index is 1.57. The molecule has 0 amide bonds. The van der Waals surface area contributed by atoms with E-state index < -0.39 is 26.2 Å². The van der Waals surface area contributed by atoms with E-state index in [-0.39, 0.29) is 19.6 Å². The number of halogens is 3. The summed E-state index contributed by atoms with van der Waals surface area (Å²) in [4.78, 5) is 16.7. The number of unbranched alkanes of at least 4 members (excludes halogenated alkanes) is 8. The van der Waals surface area contributed by atoms with Gasteiger partial charge < -0.3 is 9.63 Å². The van der Waals surface area contributed by atoms with Crippen molar-refractivity contribution in [1.82, 2.24) is 15.0 Å². The van der Waals surface area contributed by atoms with Gasteiger partial charge in [-0.3, -0.25) is 9.69 Å². The van der Waals surface area contributed by atoms with E-state index in [0.29, 0.717) is 22.8 Å². The van der Waals surface area contributed by atoms with Crippen LogP contribution in [0.2, 0.25) is 0 Å². The number of carboxylic acids is 1. The first kappa shape index (κ1) is 33.3. The standard InChI is InChI=1S/C30H38F3N3O5S/c1-2-3-4-5-6-7-8-9-10-14-27-34-29(41-35-27)25-13-11-12-24(19-25)21-36(22-28(37)38)20-23-15-17-26(18-16-23)42(39,40)30(31,32)33/h11-13,15-19H,2-10,14,20-22H2,1H3,(H,37,38). The second-order valence-corrected chi connectivity index (χ2v) is 12.4. The lowest BCUT2D eigenvalue weighted by atomic mass is 10.1. The molecule has 3 rings (SSSR count). The van der Waals surface area contributed by atoms with Crippen LogP contribution in [0.15, 0.2) is 57.9 Å². The Kier molecular flexibility index (Phi) is 12.5. The summed E-state index contributed by atoms with van der Waals surface area (Å²) in [6, 6.07) is 11.5. The summed E-state index contributed by atoms with van der Waals surface area (Å²) in [5.74, 6) is -0.0729. The van der Waals surface area contributed by atoms with Gasteiger partial charge in [0, 0.05) is 25.1 Å². The van der Waals surface area contributed by atoms with E-state index in [1.54, 1.807) is 11.0 Å². The van der Waals surface area contributed by atoms with Crippen LogP contribution in [-0.4, -0.2) is 46.6 Å². The molecule has 0 unspecified atom stereocenters. The first-order chi connectivity index (χ1) is 20.0. The minimum Gasteiger partial charge on any atom is -0.480 e. The summed E-state index contributed by atoms with van der Waals surface area (Å²) in [7, 11) is -5.46. The van der Waals surface area contributed by atoms with E-state index in [2.05, 4.69) is 17.1 Å². The van der Waals surface area contributed by atoms with Gasteiger partial charge in [0.15, 0.2) is 5.82 Å². The first-order valence-electron chi connectivity index (χ1n) is 14.3. The van der Waals surface area contributed by atoms with Gasteiger partial charge >= 0.3 is 11.5 Å². The van der Waals surface area contributed by atoms with Crippen molar-refractivity contribution < 1.29 is 36.0 Å². The molecule has 0 bridgehead atoms. The van der Waals surface area contributed by atoms with Gasteiger partial charge in [-0.15, -0.1) is 0 Å². The van der Waals surface area contributed by atoms with Gasteiger partial charge in [-0.1, -0.05) is 87.7 Å². The number of hydrogen-bond donors (Lipinski definition) is 1. The highest BCUT2D eigenvalue weighted by molar-refractivity contribution is 7.92. The highest BCUT2D eigenvalue weighted by Crippen LogP contribution is 2.30. The minimum absolute atomic E-state index is 0.0757. The number of rotatable bonds is 18. The van der Waals surface area contributed by atoms with Gasteiger partial charge in [-0.25, -0.2) is 8.42 Å². The largest absolute Gasteiger partial charge is 0.501 e. The van der Waals surface area contributed by atoms with Crippen molar-refractivity contribution in [2.45, 2.75) is 94.6 Å². The highest BCUT2D eigenvalue weighted by Gasteiger charge is 2.46. The van der Waals surface area contributed by atoms with E-state index >= 15 is 0 Å². The van der Waals surface area contributed by atoms with Crippen molar-refractivity contribution in [1.29, 1.82) is 0 Å². The number of aliphatic carboxylic acids is 1. The second-order valence-electron chi connectivity index (χ2n) is 10.4. The van der Waals surface area contributed by atoms with Crippen molar-refractivity contribution in [3.8, 4) is 11.5 Å². The molecule has 3 aromatic rings. The van der Waals surface area contributed by atoms with Gasteiger partial charge in [-0.2, -0.15) is 18.2 Å². The maximum Gasteiger partial charge on any atom is 0.501 e. The molecule has 1 heterocycles. The molecule has 0 aliphatic carbocycles. The fraction of sp³-hybridized carbons (Fsp3) is 0.500. The summed E-state index contributed by atoms with van der Waals surface area (Å²) in [6.07, 6.45) is 11.8. The van der Waals surface area contributed by atoms with E-state index in [4.69, 9.17) is 4.52 Å². The monoisotopic (exact) mass is 609 g/mol. The summed E-state index contributed by atoms with van der Waals surface area (Å²) < 4.78 is 67.2. The Labute approximate surface area is 244 Å². The van der Waals surface area contributed by atoms with Crippen LogP contribution in [-0.2, 0) is 34.1 Å². The van der Waals surface area contributed by atoms with Crippen LogP contribution in [0.3, 0.4) is 0 Å². The Bertz CT molecular complexity index is 1380. The average Bonchev–Trinajstić information content (AvgIpc) is 3.41. The van der Waals surface area contributed by atoms with Crippen LogP contribution in [0.4, 0.5) is 13.2 Å². The number of nitrogens with zero attached hydrogens (tertiary/aromatic N) is 3. The van der Waals surface area contributed by atoms with Crippen LogP contribution in [0.25, 0.3) is 11.5 Å². The predicted molar refractivity (Wildman–Crippen MR) is 152 cm³/mol. The smallest absolute Gasteiger partial charge is 0.480 e. The zero-order chi connectivity index (χ0) is 30.6. The number of hydrogen-bond acceptors (Lipinski definition) is 7. The number of carboxylic acid groups (broad SMARTS) is 1. The Hall–Kier alpha value is -3.25. The van der Waals surface area contributed by atoms with E-state index in [9.17, 15) is 31.5 Å². The van der Waals surface area contributed by atoms with E-state index in [1.165, 1.54) is 57.1 Å². The average molecular weight is 610 g/mol. The number of benzene rings is 2. The molecule has 42 heavy (non-hydrogen) atoms. The van der Waals surface area contributed by atoms with Crippen LogP contribution >= 0.6 is 0 Å². The van der Waals surface area contributed by atoms with Crippen molar-refractivity contribution >= 4 is 15.8 Å². The second kappa shape index (κ2) is 15.8. The van der Waals surface area contributed by atoms with E-state index in [0.717, 1.165) is 37.0 Å². The maximum atomic E-state index is 12.8. The third kappa shape index (κ3) is 10.2. The number of sulfone groups is 1. The molecule has 230 valence electrons. The summed E-state index contributed by atoms with van der Waals surface area (Å²) >= 11 is 0. The molecule has 1 N–H and O–H groups in total. The molecular formula is C30H38F3N3O5S. The molecular weight excluding hydrogens is 571 g/mol. The minimum atomic E-state index is -5.46. The van der Waals surface area contributed by atoms with Crippen LogP contribution in [0, 0.1) is 0 Å². The number of aryl methyl sites for hydroxylation is 1. The molecule has 1 aromatic heterocycles. The van der Waals surface area contributed by atoms with Crippen molar-refractivity contribution in [3.05, 3.63) is 65.5 Å². The van der Waals surface area contributed by atoms with Gasteiger partial charge in [0.2, 0.25) is 0 Å². The Morgan fingerprint density at radius 1 is 0.905 bits per heavy atom. The zero-order valence-corrected chi connectivity index (χ0v) is 24.6. The third-order valence-electron chi connectivity index (χ3n) is 6.86. The first-order valence-corrected chi connectivity index (χ1v) is 15.7. The molecule has 0 saturated heterocycles. The summed E-state index contributed by atoms with van der Waals surface area (Å²) in [5, 5.41) is 13.5. The number of aromatic nitrogens is 2. The van der Waals surface area contributed by atoms with Gasteiger partial charge in [0.1, 0.15) is 0 Å². The van der Waals surface area contributed by atoms with Crippen molar-refractivity contribution in [3.63, 3.8) is 0 Å². The van der Waals surface area contributed by atoms with Crippen molar-refractivity contribution in [2.75, 3.05) is 6.54 Å². The SMILES string of the molecule is CCCCCCCCCCCc1noc(-c2cccc(CN(CC(=O)O)Cc3ccc(S(=O)(=O)C(F)(F)F)cc3)c2)n1. The Morgan fingerprint density at radius 3 is 2.14 bits per heavy atom. The Morgan fingerprint density at radius 2 is 1.52 bits per heavy atom. The van der Waals surface area contributed by atoms with Crippen LogP contribution in [0.5, 0.6) is 0 Å². The van der Waals surface area contributed by atoms with Gasteiger partial charge in [0.05, 0.1) is 11.4 Å². The molecule has 0 fully saturated rings. The molecule has 0 aliphatic heterocycles. The molecule has 0 atom stereocenters. The quantitative estimate of drug-likeness (QED) is 0.151. The fourth-order valence-electron chi connectivity index (χ4n) is 4.65. The lowest BCUT2D eigenvalue weighted by Crippen LogP contribution is -2.29. The fourth-order valence-corrected chi connectivity index (χ4v) is 5.41. The number of carbonyl (C=O) groups is 1. The lowest BCUT2D eigenvalue weighted by molar-refractivity contribution is -0.138.